The second kappa shape index (κ2) is 3.97. The largest absolute Gasteiger partial charge is 0.300 e. The molecule has 15 heavy (non-hydrogen) atoms. The smallest absolute Gasteiger partial charge is 0.0164 e. The summed E-state index contributed by atoms with van der Waals surface area (Å²) < 4.78 is 0. The standard InChI is InChI=1S/C14H19N/c1-2-6-12(7-3-1)13-8-4-10-15-11-5-9-14(13)15/h1-3,6-7,13-14H,4-5,8-11H2/t13-,14-/m1/s1. The van der Waals surface area contributed by atoms with E-state index in [1.807, 2.05) is 0 Å². The second-order valence-corrected chi connectivity index (χ2v) is 4.90. The van der Waals surface area contributed by atoms with Crippen LogP contribution < -0.4 is 0 Å². The van der Waals surface area contributed by atoms with Crippen LogP contribution >= 0.6 is 0 Å². The van der Waals surface area contributed by atoms with Gasteiger partial charge in [0, 0.05) is 6.04 Å². The fourth-order valence-electron chi connectivity index (χ4n) is 3.38. The van der Waals surface area contributed by atoms with E-state index in [1.54, 1.807) is 5.56 Å². The molecule has 1 aromatic rings. The van der Waals surface area contributed by atoms with Crippen LogP contribution in [-0.4, -0.2) is 24.0 Å². The minimum Gasteiger partial charge on any atom is -0.300 e. The van der Waals surface area contributed by atoms with Crippen LogP contribution in [0, 0.1) is 0 Å². The molecule has 0 amide bonds. The van der Waals surface area contributed by atoms with E-state index < -0.39 is 0 Å². The summed E-state index contributed by atoms with van der Waals surface area (Å²) in [5, 5.41) is 0. The van der Waals surface area contributed by atoms with Crippen molar-refractivity contribution in [2.24, 2.45) is 0 Å². The molecule has 80 valence electrons. The Bertz CT molecular complexity index is 319. The Labute approximate surface area is 92.1 Å². The number of hydrogen-bond acceptors (Lipinski definition) is 1. The first-order valence-electron chi connectivity index (χ1n) is 6.24. The number of nitrogens with zero attached hydrogens (tertiary/aromatic N) is 1. The van der Waals surface area contributed by atoms with Gasteiger partial charge in [0.1, 0.15) is 0 Å². The second-order valence-electron chi connectivity index (χ2n) is 4.90. The third-order valence-electron chi connectivity index (χ3n) is 4.07. The molecular weight excluding hydrogens is 182 g/mol. The lowest BCUT2D eigenvalue weighted by Crippen LogP contribution is -2.39. The van der Waals surface area contributed by atoms with Gasteiger partial charge in [-0.15, -0.1) is 0 Å². The third kappa shape index (κ3) is 1.69. The van der Waals surface area contributed by atoms with E-state index in [2.05, 4.69) is 35.2 Å². The summed E-state index contributed by atoms with van der Waals surface area (Å²) >= 11 is 0. The highest BCUT2D eigenvalue weighted by Gasteiger charge is 2.34. The van der Waals surface area contributed by atoms with Crippen LogP contribution in [0.4, 0.5) is 0 Å². The zero-order valence-corrected chi connectivity index (χ0v) is 9.23. The average molecular weight is 201 g/mol. The zero-order chi connectivity index (χ0) is 10.1. The average Bonchev–Trinajstić information content (AvgIpc) is 2.78. The monoisotopic (exact) mass is 201 g/mol. The van der Waals surface area contributed by atoms with Gasteiger partial charge in [0.2, 0.25) is 0 Å². The van der Waals surface area contributed by atoms with Crippen molar-refractivity contribution >= 4 is 0 Å². The van der Waals surface area contributed by atoms with Gasteiger partial charge in [-0.2, -0.15) is 0 Å². The number of piperidine rings is 1. The summed E-state index contributed by atoms with van der Waals surface area (Å²) in [6.45, 7) is 2.68. The SMILES string of the molecule is c1ccc([C@H]2CCCN3CCC[C@H]23)cc1. The van der Waals surface area contributed by atoms with Crippen molar-refractivity contribution in [2.45, 2.75) is 37.6 Å². The Morgan fingerprint density at radius 3 is 2.47 bits per heavy atom. The summed E-state index contributed by atoms with van der Waals surface area (Å²) in [6, 6.07) is 12.0. The van der Waals surface area contributed by atoms with Crippen LogP contribution in [0.15, 0.2) is 30.3 Å². The molecule has 0 aromatic heterocycles. The molecule has 0 spiro atoms. The molecule has 0 bridgehead atoms. The molecule has 2 heterocycles. The lowest BCUT2D eigenvalue weighted by atomic mass is 9.83. The highest BCUT2D eigenvalue weighted by molar-refractivity contribution is 5.22. The molecule has 3 rings (SSSR count). The minimum absolute atomic E-state index is 0.808. The summed E-state index contributed by atoms with van der Waals surface area (Å²) in [6.07, 6.45) is 5.61. The molecule has 2 saturated heterocycles. The topological polar surface area (TPSA) is 3.24 Å². The molecule has 0 N–H and O–H groups in total. The van der Waals surface area contributed by atoms with Crippen LogP contribution in [0.1, 0.15) is 37.2 Å². The number of rotatable bonds is 1. The third-order valence-corrected chi connectivity index (χ3v) is 4.07. The van der Waals surface area contributed by atoms with Gasteiger partial charge in [-0.1, -0.05) is 30.3 Å². The van der Waals surface area contributed by atoms with E-state index in [1.165, 1.54) is 38.8 Å². The fraction of sp³-hybridized carbons (Fsp3) is 0.571. The quantitative estimate of drug-likeness (QED) is 0.675. The molecular formula is C14H19N. The van der Waals surface area contributed by atoms with Crippen LogP contribution in [0.2, 0.25) is 0 Å². The van der Waals surface area contributed by atoms with Crippen molar-refractivity contribution in [3.63, 3.8) is 0 Å². The van der Waals surface area contributed by atoms with Gasteiger partial charge in [-0.25, -0.2) is 0 Å². The minimum atomic E-state index is 0.808. The molecule has 0 aliphatic carbocycles. The molecule has 2 aliphatic rings. The molecule has 2 aliphatic heterocycles. The zero-order valence-electron chi connectivity index (χ0n) is 9.23. The van der Waals surface area contributed by atoms with Crippen molar-refractivity contribution in [3.8, 4) is 0 Å². The highest BCUT2D eigenvalue weighted by atomic mass is 15.2. The number of benzene rings is 1. The highest BCUT2D eigenvalue weighted by Crippen LogP contribution is 2.37. The molecule has 2 fully saturated rings. The molecule has 2 atom stereocenters. The molecule has 0 saturated carbocycles. The van der Waals surface area contributed by atoms with Gasteiger partial charge < -0.3 is 0 Å². The predicted octanol–water partition coefficient (Wildman–Crippen LogP) is 3.03. The van der Waals surface area contributed by atoms with E-state index >= 15 is 0 Å². The van der Waals surface area contributed by atoms with E-state index in [0.717, 1.165) is 12.0 Å². The van der Waals surface area contributed by atoms with Crippen LogP contribution in [-0.2, 0) is 0 Å². The van der Waals surface area contributed by atoms with Crippen LogP contribution in [0.25, 0.3) is 0 Å². The van der Waals surface area contributed by atoms with Crippen molar-refractivity contribution < 1.29 is 0 Å². The van der Waals surface area contributed by atoms with Crippen molar-refractivity contribution in [2.75, 3.05) is 13.1 Å². The number of fused-ring (bicyclic) bond motifs is 1. The van der Waals surface area contributed by atoms with Gasteiger partial charge in [-0.05, 0) is 50.3 Å². The Morgan fingerprint density at radius 1 is 0.933 bits per heavy atom. The lowest BCUT2D eigenvalue weighted by Gasteiger charge is -2.37. The van der Waals surface area contributed by atoms with Crippen molar-refractivity contribution in [3.05, 3.63) is 35.9 Å². The predicted molar refractivity (Wildman–Crippen MR) is 63.0 cm³/mol. The van der Waals surface area contributed by atoms with Crippen molar-refractivity contribution in [1.82, 2.24) is 4.90 Å². The Morgan fingerprint density at radius 2 is 1.67 bits per heavy atom. The summed E-state index contributed by atoms with van der Waals surface area (Å²) in [5.74, 6) is 0.808. The van der Waals surface area contributed by atoms with Crippen LogP contribution in [0.3, 0.4) is 0 Å². The Hall–Kier alpha value is -0.820. The van der Waals surface area contributed by atoms with E-state index in [4.69, 9.17) is 0 Å². The van der Waals surface area contributed by atoms with Gasteiger partial charge in [-0.3, -0.25) is 4.90 Å². The van der Waals surface area contributed by atoms with Crippen LogP contribution in [0.5, 0.6) is 0 Å². The molecule has 1 nitrogen and oxygen atoms in total. The number of hydrogen-bond donors (Lipinski definition) is 0. The maximum atomic E-state index is 2.71. The van der Waals surface area contributed by atoms with Gasteiger partial charge in [0.15, 0.2) is 0 Å². The summed E-state index contributed by atoms with van der Waals surface area (Å²) in [4.78, 5) is 2.71. The van der Waals surface area contributed by atoms with Gasteiger partial charge in [0.25, 0.3) is 0 Å². The van der Waals surface area contributed by atoms with Crippen molar-refractivity contribution in [1.29, 1.82) is 0 Å². The molecule has 1 aromatic carbocycles. The maximum Gasteiger partial charge on any atom is 0.0164 e. The molecule has 0 unspecified atom stereocenters. The first-order chi connectivity index (χ1) is 7.45. The molecule has 1 heteroatoms. The van der Waals surface area contributed by atoms with Gasteiger partial charge in [0.05, 0.1) is 0 Å². The first kappa shape index (κ1) is 9.41. The Kier molecular flexibility index (Phi) is 2.49. The normalized spacial score (nSPS) is 31.5. The Balaban J connectivity index is 1.85. The van der Waals surface area contributed by atoms with E-state index in [0.29, 0.717) is 0 Å². The first-order valence-corrected chi connectivity index (χ1v) is 6.24. The fourth-order valence-corrected chi connectivity index (χ4v) is 3.38. The summed E-state index contributed by atoms with van der Waals surface area (Å²) in [5.41, 5.74) is 1.56. The molecule has 0 radical (unpaired) electrons. The summed E-state index contributed by atoms with van der Waals surface area (Å²) in [7, 11) is 0. The lowest BCUT2D eigenvalue weighted by molar-refractivity contribution is 0.172. The maximum absolute atomic E-state index is 2.71. The van der Waals surface area contributed by atoms with E-state index in [-0.39, 0.29) is 0 Å². The van der Waals surface area contributed by atoms with E-state index in [9.17, 15) is 0 Å². The van der Waals surface area contributed by atoms with Gasteiger partial charge >= 0.3 is 0 Å².